The maximum atomic E-state index is 4.43. The second-order valence-corrected chi connectivity index (χ2v) is 3.66. The van der Waals surface area contributed by atoms with Crippen LogP contribution in [0.4, 0.5) is 0 Å². The highest BCUT2D eigenvalue weighted by Gasteiger charge is 2.04. The first-order valence-electron chi connectivity index (χ1n) is 5.09. The first kappa shape index (κ1) is 9.24. The molecule has 1 N–H and O–H groups in total. The van der Waals surface area contributed by atoms with E-state index in [-0.39, 0.29) is 0 Å². The monoisotopic (exact) mass is 192 g/mol. The van der Waals surface area contributed by atoms with Crippen LogP contribution in [0, 0.1) is 0 Å². The van der Waals surface area contributed by atoms with Gasteiger partial charge in [0.05, 0.1) is 12.0 Å². The molecule has 1 aromatic rings. The van der Waals surface area contributed by atoms with Gasteiger partial charge in [-0.25, -0.2) is 0 Å². The van der Waals surface area contributed by atoms with Gasteiger partial charge in [-0.1, -0.05) is 0 Å². The second kappa shape index (κ2) is 4.26. The summed E-state index contributed by atoms with van der Waals surface area (Å²) in [5.74, 6) is 1.15. The number of nitrogens with one attached hydrogen (secondary N) is 1. The molecule has 0 saturated heterocycles. The number of aliphatic imine (C=N–C) groups is 1. The van der Waals surface area contributed by atoms with Gasteiger partial charge < -0.3 is 5.32 Å². The van der Waals surface area contributed by atoms with Crippen LogP contribution in [-0.2, 0) is 13.6 Å². The molecule has 2 heterocycles. The Hall–Kier alpha value is -1.32. The van der Waals surface area contributed by atoms with Crippen LogP contribution in [0.15, 0.2) is 17.4 Å². The van der Waals surface area contributed by atoms with Gasteiger partial charge in [-0.2, -0.15) is 5.10 Å². The molecule has 0 fully saturated rings. The van der Waals surface area contributed by atoms with E-state index in [1.165, 1.54) is 18.4 Å². The van der Waals surface area contributed by atoms with Gasteiger partial charge in [0.1, 0.15) is 0 Å². The Bertz CT molecular complexity index is 327. The van der Waals surface area contributed by atoms with E-state index >= 15 is 0 Å². The van der Waals surface area contributed by atoms with E-state index in [9.17, 15) is 0 Å². The lowest BCUT2D eigenvalue weighted by Gasteiger charge is -2.12. The van der Waals surface area contributed by atoms with E-state index in [4.69, 9.17) is 0 Å². The van der Waals surface area contributed by atoms with E-state index in [0.717, 1.165) is 25.3 Å². The summed E-state index contributed by atoms with van der Waals surface area (Å²) in [5, 5.41) is 7.47. The van der Waals surface area contributed by atoms with E-state index in [1.54, 1.807) is 0 Å². The molecule has 0 amide bonds. The summed E-state index contributed by atoms with van der Waals surface area (Å²) in [6, 6.07) is 0. The Kier molecular flexibility index (Phi) is 2.81. The van der Waals surface area contributed by atoms with Gasteiger partial charge >= 0.3 is 0 Å². The molecule has 0 spiro atoms. The third kappa shape index (κ3) is 2.34. The molecule has 0 aromatic carbocycles. The van der Waals surface area contributed by atoms with E-state index in [2.05, 4.69) is 15.4 Å². The molecule has 4 nitrogen and oxygen atoms in total. The summed E-state index contributed by atoms with van der Waals surface area (Å²) in [6.07, 6.45) is 7.50. The zero-order chi connectivity index (χ0) is 9.80. The van der Waals surface area contributed by atoms with Gasteiger partial charge in [-0.15, -0.1) is 0 Å². The Morgan fingerprint density at radius 2 is 2.43 bits per heavy atom. The van der Waals surface area contributed by atoms with Crippen molar-refractivity contribution in [3.63, 3.8) is 0 Å². The molecule has 0 saturated carbocycles. The first-order chi connectivity index (χ1) is 6.84. The largest absolute Gasteiger partial charge is 0.370 e. The molecule has 1 aliphatic rings. The third-order valence-corrected chi connectivity index (χ3v) is 2.38. The minimum Gasteiger partial charge on any atom is -0.370 e. The molecule has 2 rings (SSSR count). The smallest absolute Gasteiger partial charge is 0.0965 e. The Morgan fingerprint density at radius 1 is 1.50 bits per heavy atom. The topological polar surface area (TPSA) is 42.2 Å². The van der Waals surface area contributed by atoms with Crippen molar-refractivity contribution in [2.75, 3.05) is 6.54 Å². The van der Waals surface area contributed by atoms with Crippen LogP contribution >= 0.6 is 0 Å². The summed E-state index contributed by atoms with van der Waals surface area (Å²) < 4.78 is 1.82. The zero-order valence-electron chi connectivity index (χ0n) is 8.53. The highest BCUT2D eigenvalue weighted by molar-refractivity contribution is 5.82. The minimum absolute atomic E-state index is 0.840. The van der Waals surface area contributed by atoms with E-state index < -0.39 is 0 Å². The fourth-order valence-corrected chi connectivity index (χ4v) is 1.61. The molecule has 4 heteroatoms. The molecule has 1 aliphatic heterocycles. The van der Waals surface area contributed by atoms with Crippen molar-refractivity contribution in [3.05, 3.63) is 18.0 Å². The second-order valence-electron chi connectivity index (χ2n) is 3.66. The van der Waals surface area contributed by atoms with E-state index in [0.29, 0.717) is 0 Å². The number of aryl methyl sites for hydroxylation is 1. The number of hydrogen-bond donors (Lipinski definition) is 1. The number of amidine groups is 1. The van der Waals surface area contributed by atoms with Crippen LogP contribution in [0.3, 0.4) is 0 Å². The SMILES string of the molecule is Cn1cc(CNC2=NCCCC2)cn1. The van der Waals surface area contributed by atoms with Crippen molar-refractivity contribution in [3.8, 4) is 0 Å². The summed E-state index contributed by atoms with van der Waals surface area (Å²) in [7, 11) is 1.93. The number of rotatable bonds is 2. The summed E-state index contributed by atoms with van der Waals surface area (Å²) in [6.45, 7) is 1.82. The average molecular weight is 192 g/mol. The Morgan fingerprint density at radius 3 is 3.07 bits per heavy atom. The maximum Gasteiger partial charge on any atom is 0.0965 e. The van der Waals surface area contributed by atoms with Crippen LogP contribution in [0.25, 0.3) is 0 Å². The fourth-order valence-electron chi connectivity index (χ4n) is 1.61. The van der Waals surface area contributed by atoms with Gasteiger partial charge in [0.15, 0.2) is 0 Å². The van der Waals surface area contributed by atoms with Crippen molar-refractivity contribution in [2.24, 2.45) is 12.0 Å². The molecule has 0 aliphatic carbocycles. The molecule has 0 radical (unpaired) electrons. The summed E-state index contributed by atoms with van der Waals surface area (Å²) in [4.78, 5) is 4.43. The molecular weight excluding hydrogens is 176 g/mol. The summed E-state index contributed by atoms with van der Waals surface area (Å²) >= 11 is 0. The number of aromatic nitrogens is 2. The number of nitrogens with zero attached hydrogens (tertiary/aromatic N) is 3. The molecule has 0 unspecified atom stereocenters. The normalized spacial score (nSPS) is 16.5. The molecule has 1 aromatic heterocycles. The van der Waals surface area contributed by atoms with Gasteiger partial charge in [0.25, 0.3) is 0 Å². The minimum atomic E-state index is 0.840. The molecule has 0 bridgehead atoms. The van der Waals surface area contributed by atoms with Crippen molar-refractivity contribution < 1.29 is 0 Å². The van der Waals surface area contributed by atoms with Crippen molar-refractivity contribution in [1.82, 2.24) is 15.1 Å². The highest BCUT2D eigenvalue weighted by Crippen LogP contribution is 2.04. The van der Waals surface area contributed by atoms with Crippen LogP contribution in [-0.4, -0.2) is 22.2 Å². The average Bonchev–Trinajstić information content (AvgIpc) is 2.63. The predicted molar refractivity (Wildman–Crippen MR) is 56.2 cm³/mol. The highest BCUT2D eigenvalue weighted by atomic mass is 15.2. The molecule has 0 atom stereocenters. The van der Waals surface area contributed by atoms with Gasteiger partial charge in [0.2, 0.25) is 0 Å². The Balaban J connectivity index is 1.84. The first-order valence-corrected chi connectivity index (χ1v) is 5.09. The van der Waals surface area contributed by atoms with Crippen LogP contribution in [0.5, 0.6) is 0 Å². The zero-order valence-corrected chi connectivity index (χ0v) is 8.53. The molecule has 76 valence electrons. The van der Waals surface area contributed by atoms with Crippen LogP contribution in [0.2, 0.25) is 0 Å². The quantitative estimate of drug-likeness (QED) is 0.762. The standard InChI is InChI=1S/C10H16N4/c1-14-8-9(7-13-14)6-12-10-4-2-3-5-11-10/h7-8H,2-6H2,1H3,(H,11,12). The van der Waals surface area contributed by atoms with Crippen LogP contribution < -0.4 is 5.32 Å². The lowest BCUT2D eigenvalue weighted by Crippen LogP contribution is -2.25. The van der Waals surface area contributed by atoms with Crippen molar-refractivity contribution in [2.45, 2.75) is 25.8 Å². The van der Waals surface area contributed by atoms with Gasteiger partial charge in [-0.05, 0) is 12.8 Å². The van der Waals surface area contributed by atoms with E-state index in [1.807, 2.05) is 24.1 Å². The lowest BCUT2D eigenvalue weighted by atomic mass is 10.2. The van der Waals surface area contributed by atoms with Gasteiger partial charge in [-0.3, -0.25) is 9.67 Å². The molecular formula is C10H16N4. The molecule has 14 heavy (non-hydrogen) atoms. The van der Waals surface area contributed by atoms with Crippen molar-refractivity contribution in [1.29, 1.82) is 0 Å². The summed E-state index contributed by atoms with van der Waals surface area (Å²) in [5.41, 5.74) is 1.21. The van der Waals surface area contributed by atoms with Gasteiger partial charge in [0, 0.05) is 38.3 Å². The fraction of sp³-hybridized carbons (Fsp3) is 0.600. The maximum absolute atomic E-state index is 4.43. The van der Waals surface area contributed by atoms with Crippen LogP contribution in [0.1, 0.15) is 24.8 Å². The third-order valence-electron chi connectivity index (χ3n) is 2.38. The lowest BCUT2D eigenvalue weighted by molar-refractivity contribution is 0.706. The predicted octanol–water partition coefficient (Wildman–Crippen LogP) is 1.09. The van der Waals surface area contributed by atoms with Crippen molar-refractivity contribution >= 4 is 5.84 Å². The Labute approximate surface area is 84.0 Å². The number of hydrogen-bond acceptors (Lipinski definition) is 3.